The Morgan fingerprint density at radius 1 is 1.16 bits per heavy atom. The second-order valence-corrected chi connectivity index (χ2v) is 8.02. The molecule has 1 aliphatic rings. The van der Waals surface area contributed by atoms with E-state index in [0.717, 1.165) is 44.6 Å². The van der Waals surface area contributed by atoms with Crippen molar-refractivity contribution in [1.82, 2.24) is 10.3 Å². The average Bonchev–Trinajstić information content (AvgIpc) is 3.12. The van der Waals surface area contributed by atoms with Crippen LogP contribution in [0.4, 0.5) is 13.2 Å². The van der Waals surface area contributed by atoms with Crippen molar-refractivity contribution < 1.29 is 22.7 Å². The zero-order valence-corrected chi connectivity index (χ0v) is 17.3. The summed E-state index contributed by atoms with van der Waals surface area (Å²) in [7, 11) is 0. The third-order valence-electron chi connectivity index (χ3n) is 5.34. The molecule has 1 amide bonds. The smallest absolute Gasteiger partial charge is 0.389 e. The lowest BCUT2D eigenvalue weighted by atomic mass is 9.96. The number of alkyl halides is 3. The highest BCUT2D eigenvalue weighted by Gasteiger charge is 2.29. The molecule has 0 spiro atoms. The Balaban J connectivity index is 1.51. The van der Waals surface area contributed by atoms with Gasteiger partial charge in [-0.15, -0.1) is 0 Å². The van der Waals surface area contributed by atoms with E-state index in [-0.39, 0.29) is 12.6 Å². The summed E-state index contributed by atoms with van der Waals surface area (Å²) >= 11 is 0. The number of carbonyl (C=O) groups excluding carboxylic acids is 1. The number of ether oxygens (including phenoxy) is 1. The lowest BCUT2D eigenvalue weighted by molar-refractivity contribution is -0.144. The number of hydrogen-bond acceptors (Lipinski definition) is 3. The van der Waals surface area contributed by atoms with Crippen LogP contribution in [0.3, 0.4) is 0 Å². The fraction of sp³-hybridized carbons (Fsp3) is 0.333. The van der Waals surface area contributed by atoms with Gasteiger partial charge in [-0.25, -0.2) is 0 Å². The number of benzene rings is 2. The van der Waals surface area contributed by atoms with Crippen LogP contribution in [0.1, 0.15) is 29.7 Å². The zero-order chi connectivity index (χ0) is 22.2. The molecule has 4 nitrogen and oxygen atoms in total. The number of nitrogens with one attached hydrogen (secondary N) is 1. The molecule has 3 aromatic rings. The van der Waals surface area contributed by atoms with E-state index in [4.69, 9.17) is 4.74 Å². The van der Waals surface area contributed by atoms with Gasteiger partial charge in [0.05, 0.1) is 18.5 Å². The maximum atomic E-state index is 12.3. The van der Waals surface area contributed by atoms with Crippen LogP contribution in [0.5, 0.6) is 5.75 Å². The standard InChI is InChI=1S/C24H23F3N2O2/c1-14-9-18-12-19(13-28-22(30)7-8-24(25,26)27)31-23(18)20(10-14)16-5-6-21-17(11-16)4-3-15(2)29-21/h3-6,9-11,19H,7-8,12-13H2,1-2H3,(H,28,30)/t19-/m1/s1. The van der Waals surface area contributed by atoms with Gasteiger partial charge in [0.2, 0.25) is 5.91 Å². The quantitative estimate of drug-likeness (QED) is 0.602. The topological polar surface area (TPSA) is 51.2 Å². The van der Waals surface area contributed by atoms with Crippen LogP contribution in [0, 0.1) is 13.8 Å². The monoisotopic (exact) mass is 428 g/mol. The fourth-order valence-corrected chi connectivity index (χ4v) is 3.89. The van der Waals surface area contributed by atoms with Crippen molar-refractivity contribution in [1.29, 1.82) is 0 Å². The molecule has 1 aliphatic heterocycles. The molecule has 1 N–H and O–H groups in total. The molecule has 0 saturated heterocycles. The van der Waals surface area contributed by atoms with E-state index in [1.54, 1.807) is 0 Å². The highest BCUT2D eigenvalue weighted by molar-refractivity contribution is 5.86. The normalized spacial score (nSPS) is 15.6. The first-order valence-electron chi connectivity index (χ1n) is 10.2. The summed E-state index contributed by atoms with van der Waals surface area (Å²) in [6.07, 6.45) is -5.74. The molecule has 2 aromatic carbocycles. The number of hydrogen-bond donors (Lipinski definition) is 1. The Morgan fingerprint density at radius 2 is 1.97 bits per heavy atom. The summed E-state index contributed by atoms with van der Waals surface area (Å²) in [6.45, 7) is 4.14. The molecule has 0 aliphatic carbocycles. The predicted octanol–water partition coefficient (Wildman–Crippen LogP) is 5.28. The zero-order valence-electron chi connectivity index (χ0n) is 17.3. The van der Waals surface area contributed by atoms with E-state index in [2.05, 4.69) is 28.5 Å². The van der Waals surface area contributed by atoms with Gasteiger partial charge in [0.15, 0.2) is 0 Å². The lowest BCUT2D eigenvalue weighted by Crippen LogP contribution is -2.34. The van der Waals surface area contributed by atoms with E-state index >= 15 is 0 Å². The molecule has 31 heavy (non-hydrogen) atoms. The summed E-state index contributed by atoms with van der Waals surface area (Å²) in [5.41, 5.74) is 5.98. The Kier molecular flexibility index (Phi) is 5.60. The van der Waals surface area contributed by atoms with Crippen molar-refractivity contribution in [2.45, 2.75) is 45.4 Å². The average molecular weight is 428 g/mol. The number of rotatable bonds is 5. The van der Waals surface area contributed by atoms with Crippen molar-refractivity contribution in [3.8, 4) is 16.9 Å². The summed E-state index contributed by atoms with van der Waals surface area (Å²) in [5.74, 6) is 0.144. The third kappa shape index (κ3) is 4.98. The molecule has 1 atom stereocenters. The summed E-state index contributed by atoms with van der Waals surface area (Å²) < 4.78 is 43.0. The van der Waals surface area contributed by atoms with Gasteiger partial charge in [-0.2, -0.15) is 13.2 Å². The predicted molar refractivity (Wildman–Crippen MR) is 113 cm³/mol. The van der Waals surface area contributed by atoms with E-state index in [9.17, 15) is 18.0 Å². The molecule has 1 aromatic heterocycles. The minimum atomic E-state index is -4.34. The molecule has 4 rings (SSSR count). The van der Waals surface area contributed by atoms with Gasteiger partial charge >= 0.3 is 6.18 Å². The van der Waals surface area contributed by atoms with E-state index < -0.39 is 24.9 Å². The van der Waals surface area contributed by atoms with Crippen molar-refractivity contribution in [2.24, 2.45) is 0 Å². The highest BCUT2D eigenvalue weighted by atomic mass is 19.4. The molecular weight excluding hydrogens is 405 g/mol. The maximum absolute atomic E-state index is 12.3. The van der Waals surface area contributed by atoms with E-state index in [1.165, 1.54) is 0 Å². The van der Waals surface area contributed by atoms with Gasteiger partial charge in [-0.05, 0) is 54.8 Å². The molecule has 0 saturated carbocycles. The SMILES string of the molecule is Cc1cc2c(c(-c3ccc4nc(C)ccc4c3)c1)O[C@@H](CNC(=O)CCC(F)(F)F)C2. The highest BCUT2D eigenvalue weighted by Crippen LogP contribution is 2.40. The first-order valence-corrected chi connectivity index (χ1v) is 10.2. The van der Waals surface area contributed by atoms with Gasteiger partial charge in [-0.1, -0.05) is 18.2 Å². The summed E-state index contributed by atoms with van der Waals surface area (Å²) in [6, 6.07) is 14.2. The third-order valence-corrected chi connectivity index (χ3v) is 5.34. The van der Waals surface area contributed by atoms with Gasteiger partial charge < -0.3 is 10.1 Å². The van der Waals surface area contributed by atoms with Gasteiger partial charge in [0.25, 0.3) is 0 Å². The molecule has 7 heteroatoms. The van der Waals surface area contributed by atoms with Crippen molar-refractivity contribution in [2.75, 3.05) is 6.54 Å². The number of fused-ring (bicyclic) bond motifs is 2. The number of halogens is 3. The molecule has 2 heterocycles. The minimum absolute atomic E-state index is 0.171. The second kappa shape index (κ2) is 8.21. The van der Waals surface area contributed by atoms with Crippen LogP contribution in [0.2, 0.25) is 0 Å². The first-order chi connectivity index (χ1) is 14.7. The van der Waals surface area contributed by atoms with Gasteiger partial charge in [-0.3, -0.25) is 9.78 Å². The van der Waals surface area contributed by atoms with Crippen molar-refractivity contribution >= 4 is 16.8 Å². The number of nitrogens with zero attached hydrogens (tertiary/aromatic N) is 1. The summed E-state index contributed by atoms with van der Waals surface area (Å²) in [4.78, 5) is 16.3. The number of aromatic nitrogens is 1. The largest absolute Gasteiger partial charge is 0.487 e. The van der Waals surface area contributed by atoms with Crippen molar-refractivity contribution in [3.05, 3.63) is 59.3 Å². The Morgan fingerprint density at radius 3 is 2.74 bits per heavy atom. The first kappa shape index (κ1) is 21.2. The Bertz CT molecular complexity index is 1140. The van der Waals surface area contributed by atoms with Crippen LogP contribution < -0.4 is 10.1 Å². The Labute approximate surface area is 178 Å². The molecule has 0 radical (unpaired) electrons. The van der Waals surface area contributed by atoms with Crippen LogP contribution in [0.25, 0.3) is 22.0 Å². The maximum Gasteiger partial charge on any atom is 0.389 e. The number of amides is 1. The lowest BCUT2D eigenvalue weighted by Gasteiger charge is -2.14. The van der Waals surface area contributed by atoms with Crippen LogP contribution >= 0.6 is 0 Å². The van der Waals surface area contributed by atoms with Crippen LogP contribution in [-0.4, -0.2) is 29.7 Å². The minimum Gasteiger partial charge on any atom is -0.487 e. The van der Waals surface area contributed by atoms with Crippen LogP contribution in [-0.2, 0) is 11.2 Å². The van der Waals surface area contributed by atoms with E-state index in [0.29, 0.717) is 6.42 Å². The Hall–Kier alpha value is -3.09. The van der Waals surface area contributed by atoms with Gasteiger partial charge in [0.1, 0.15) is 11.9 Å². The second-order valence-electron chi connectivity index (χ2n) is 8.02. The fourth-order valence-electron chi connectivity index (χ4n) is 3.89. The summed E-state index contributed by atoms with van der Waals surface area (Å²) in [5, 5.41) is 3.60. The van der Waals surface area contributed by atoms with Gasteiger partial charge in [0, 0.05) is 29.5 Å². The van der Waals surface area contributed by atoms with E-state index in [1.807, 2.05) is 38.1 Å². The number of carbonyl (C=O) groups is 1. The van der Waals surface area contributed by atoms with Crippen molar-refractivity contribution in [3.63, 3.8) is 0 Å². The number of aryl methyl sites for hydroxylation is 2. The molecule has 0 fully saturated rings. The molecule has 162 valence electrons. The molecule has 0 unspecified atom stereocenters. The van der Waals surface area contributed by atoms with Crippen LogP contribution in [0.15, 0.2) is 42.5 Å². The molecular formula is C24H23F3N2O2. The number of pyridine rings is 1. The molecule has 0 bridgehead atoms.